The molecule has 2 heteroatoms. The van der Waals surface area contributed by atoms with Gasteiger partial charge in [0.1, 0.15) is 5.75 Å². The number of hydrogen-bond donors (Lipinski definition) is 0. The van der Waals surface area contributed by atoms with Crippen molar-refractivity contribution in [3.05, 3.63) is 102 Å². The number of carbonyl (C=O) groups is 1. The largest absolute Gasteiger partial charge is 0.426 e. The molecule has 2 nitrogen and oxygen atoms in total. The van der Waals surface area contributed by atoms with Crippen LogP contribution in [0.25, 0.3) is 23.3 Å². The van der Waals surface area contributed by atoms with Crippen molar-refractivity contribution in [2.45, 2.75) is 12.8 Å². The Morgan fingerprint density at radius 2 is 1.37 bits per heavy atom. The number of esters is 1. The molecule has 0 aromatic heterocycles. The second kappa shape index (κ2) is 8.16. The van der Waals surface area contributed by atoms with Gasteiger partial charge < -0.3 is 4.74 Å². The molecule has 148 valence electrons. The minimum Gasteiger partial charge on any atom is -0.426 e. The molecule has 0 amide bonds. The van der Waals surface area contributed by atoms with Gasteiger partial charge in [0.25, 0.3) is 0 Å². The number of ether oxygens (including phenoxy) is 1. The molecule has 3 unspecified atom stereocenters. The van der Waals surface area contributed by atoms with E-state index in [2.05, 4.69) is 72.8 Å². The first kappa shape index (κ1) is 18.6. The summed E-state index contributed by atoms with van der Waals surface area (Å²) < 4.78 is 5.63. The summed E-state index contributed by atoms with van der Waals surface area (Å²) in [7, 11) is 0. The van der Waals surface area contributed by atoms with E-state index in [1.165, 1.54) is 11.1 Å². The van der Waals surface area contributed by atoms with Gasteiger partial charge in [-0.05, 0) is 59.1 Å². The van der Waals surface area contributed by atoms with E-state index in [0.29, 0.717) is 17.6 Å². The molecule has 30 heavy (non-hydrogen) atoms. The van der Waals surface area contributed by atoms with Crippen LogP contribution in [-0.4, -0.2) is 5.97 Å². The Balaban J connectivity index is 1.20. The van der Waals surface area contributed by atoms with Crippen LogP contribution in [0.4, 0.5) is 0 Å². The molecular formula is C28H24O2. The third-order valence-electron chi connectivity index (χ3n) is 6.17. The van der Waals surface area contributed by atoms with Crippen molar-refractivity contribution in [2.24, 2.45) is 17.8 Å². The van der Waals surface area contributed by atoms with E-state index in [1.54, 1.807) is 0 Å². The molecule has 0 aliphatic heterocycles. The molecule has 5 rings (SSSR count). The highest BCUT2D eigenvalue weighted by atomic mass is 16.5. The Morgan fingerprint density at radius 1 is 0.733 bits per heavy atom. The van der Waals surface area contributed by atoms with Crippen LogP contribution in [0, 0.1) is 17.8 Å². The fourth-order valence-electron chi connectivity index (χ4n) is 4.50. The third kappa shape index (κ3) is 3.99. The highest BCUT2D eigenvalue weighted by molar-refractivity contribution is 5.77. The SMILES string of the molecule is O=C(Oc1ccc(/C=C/c2ccc(-c3ccccc3)cc2)cc1)C1CC2C=CC1C2. The number of fused-ring (bicyclic) bond motifs is 2. The minimum absolute atomic E-state index is 0.0263. The number of allylic oxidation sites excluding steroid dienone is 2. The predicted molar refractivity (Wildman–Crippen MR) is 122 cm³/mol. The first-order chi connectivity index (χ1) is 14.7. The molecule has 0 radical (unpaired) electrons. The Kier molecular flexibility index (Phi) is 5.06. The van der Waals surface area contributed by atoms with Gasteiger partial charge >= 0.3 is 5.97 Å². The quantitative estimate of drug-likeness (QED) is 0.210. The lowest BCUT2D eigenvalue weighted by Crippen LogP contribution is -2.23. The van der Waals surface area contributed by atoms with Crippen LogP contribution in [0.5, 0.6) is 5.75 Å². The summed E-state index contributed by atoms with van der Waals surface area (Å²) in [5.41, 5.74) is 4.66. The molecule has 3 atom stereocenters. The van der Waals surface area contributed by atoms with Crippen LogP contribution in [0.3, 0.4) is 0 Å². The zero-order valence-corrected chi connectivity index (χ0v) is 16.8. The number of carbonyl (C=O) groups excluding carboxylic acids is 1. The topological polar surface area (TPSA) is 26.3 Å². The molecule has 2 aliphatic carbocycles. The van der Waals surface area contributed by atoms with E-state index >= 15 is 0 Å². The van der Waals surface area contributed by atoms with Crippen molar-refractivity contribution < 1.29 is 9.53 Å². The second-order valence-corrected chi connectivity index (χ2v) is 8.20. The molecule has 3 aromatic rings. The van der Waals surface area contributed by atoms with Crippen LogP contribution >= 0.6 is 0 Å². The van der Waals surface area contributed by atoms with Gasteiger partial charge in [0.15, 0.2) is 0 Å². The Labute approximate surface area is 177 Å². The van der Waals surface area contributed by atoms with Gasteiger partial charge in [-0.2, -0.15) is 0 Å². The average molecular weight is 392 g/mol. The molecule has 2 aliphatic rings. The molecule has 0 spiro atoms. The van der Waals surface area contributed by atoms with E-state index < -0.39 is 0 Å². The first-order valence-electron chi connectivity index (χ1n) is 10.6. The molecule has 0 saturated heterocycles. The van der Waals surface area contributed by atoms with E-state index in [-0.39, 0.29) is 11.9 Å². The van der Waals surface area contributed by atoms with Gasteiger partial charge in [0, 0.05) is 0 Å². The Bertz CT molecular complexity index is 1080. The summed E-state index contributed by atoms with van der Waals surface area (Å²) in [6.07, 6.45) is 10.6. The van der Waals surface area contributed by atoms with Crippen molar-refractivity contribution in [3.63, 3.8) is 0 Å². The zero-order chi connectivity index (χ0) is 20.3. The predicted octanol–water partition coefficient (Wildman–Crippen LogP) is 6.64. The van der Waals surface area contributed by atoms with Gasteiger partial charge in [-0.15, -0.1) is 0 Å². The smallest absolute Gasteiger partial charge is 0.314 e. The number of rotatable bonds is 5. The summed E-state index contributed by atoms with van der Waals surface area (Å²) in [5.74, 6) is 1.50. The Hall–Kier alpha value is -3.39. The van der Waals surface area contributed by atoms with Crippen LogP contribution in [0.15, 0.2) is 91.0 Å². The fourth-order valence-corrected chi connectivity index (χ4v) is 4.50. The lowest BCUT2D eigenvalue weighted by molar-refractivity contribution is -0.139. The standard InChI is InChI=1S/C28H24O2/c29-28(27-19-22-10-15-25(27)18-22)30-26-16-11-21(12-17-26)7-6-20-8-13-24(14-9-20)23-4-2-1-3-5-23/h1-17,22,25,27H,18-19H2/b7-6+. The minimum atomic E-state index is -0.0892. The van der Waals surface area contributed by atoms with E-state index in [1.807, 2.05) is 30.3 Å². The zero-order valence-electron chi connectivity index (χ0n) is 16.8. The summed E-state index contributed by atoms with van der Waals surface area (Å²) in [6.45, 7) is 0. The van der Waals surface area contributed by atoms with Gasteiger partial charge in [0.05, 0.1) is 5.92 Å². The molecule has 1 fully saturated rings. The molecule has 1 saturated carbocycles. The van der Waals surface area contributed by atoms with Crippen LogP contribution in [0.2, 0.25) is 0 Å². The molecular weight excluding hydrogens is 368 g/mol. The number of hydrogen-bond acceptors (Lipinski definition) is 2. The summed E-state index contributed by atoms with van der Waals surface area (Å²) in [4.78, 5) is 12.5. The van der Waals surface area contributed by atoms with Crippen LogP contribution in [-0.2, 0) is 4.79 Å². The highest BCUT2D eigenvalue weighted by Crippen LogP contribution is 2.44. The average Bonchev–Trinajstić information content (AvgIpc) is 3.44. The van der Waals surface area contributed by atoms with Crippen molar-refractivity contribution >= 4 is 18.1 Å². The summed E-state index contributed by atoms with van der Waals surface area (Å²) >= 11 is 0. The maximum atomic E-state index is 12.5. The second-order valence-electron chi connectivity index (χ2n) is 8.20. The van der Waals surface area contributed by atoms with E-state index in [0.717, 1.165) is 24.0 Å². The van der Waals surface area contributed by atoms with Crippen LogP contribution in [0.1, 0.15) is 24.0 Å². The highest BCUT2D eigenvalue weighted by Gasteiger charge is 2.40. The molecule has 0 heterocycles. The lowest BCUT2D eigenvalue weighted by atomic mass is 9.94. The van der Waals surface area contributed by atoms with Crippen molar-refractivity contribution in [3.8, 4) is 16.9 Å². The molecule has 0 N–H and O–H groups in total. The van der Waals surface area contributed by atoms with E-state index in [4.69, 9.17) is 4.74 Å². The van der Waals surface area contributed by atoms with Gasteiger partial charge in [0.2, 0.25) is 0 Å². The first-order valence-corrected chi connectivity index (χ1v) is 10.6. The van der Waals surface area contributed by atoms with Crippen molar-refractivity contribution in [1.29, 1.82) is 0 Å². The fraction of sp³-hybridized carbons (Fsp3) is 0.179. The molecule has 3 aromatic carbocycles. The third-order valence-corrected chi connectivity index (χ3v) is 6.17. The van der Waals surface area contributed by atoms with Gasteiger partial charge in [-0.1, -0.05) is 91.0 Å². The summed E-state index contributed by atoms with van der Waals surface area (Å²) in [6, 6.07) is 26.6. The monoisotopic (exact) mass is 392 g/mol. The normalized spacial score (nSPS) is 21.9. The molecule has 2 bridgehead atoms. The van der Waals surface area contributed by atoms with Gasteiger partial charge in [-0.25, -0.2) is 0 Å². The van der Waals surface area contributed by atoms with Gasteiger partial charge in [-0.3, -0.25) is 4.79 Å². The van der Waals surface area contributed by atoms with Crippen molar-refractivity contribution in [2.75, 3.05) is 0 Å². The lowest BCUT2D eigenvalue weighted by Gasteiger charge is -2.16. The maximum Gasteiger partial charge on any atom is 0.314 e. The van der Waals surface area contributed by atoms with Crippen LogP contribution < -0.4 is 4.74 Å². The maximum absolute atomic E-state index is 12.5. The van der Waals surface area contributed by atoms with Crippen molar-refractivity contribution in [1.82, 2.24) is 0 Å². The summed E-state index contributed by atoms with van der Waals surface area (Å²) in [5, 5.41) is 0. The van der Waals surface area contributed by atoms with E-state index in [9.17, 15) is 4.79 Å². The Morgan fingerprint density at radius 3 is 1.97 bits per heavy atom. The number of benzene rings is 3.